The van der Waals surface area contributed by atoms with Crippen LogP contribution in [-0.4, -0.2) is 24.0 Å². The second-order valence-corrected chi connectivity index (χ2v) is 5.38. The number of hydrogen-bond acceptors (Lipinski definition) is 4. The monoisotopic (exact) mass is 280 g/mol. The van der Waals surface area contributed by atoms with Crippen LogP contribution in [-0.2, 0) is 16.6 Å². The number of hydrogen-bond donors (Lipinski definition) is 2. The quantitative estimate of drug-likeness (QED) is 0.842. The van der Waals surface area contributed by atoms with E-state index >= 15 is 0 Å². The Morgan fingerprint density at radius 2 is 2.00 bits per heavy atom. The summed E-state index contributed by atoms with van der Waals surface area (Å²) in [4.78, 5) is 15.4. The first-order valence-electron chi connectivity index (χ1n) is 5.35. The lowest BCUT2D eigenvalue weighted by molar-refractivity contribution is 0.242. The maximum absolute atomic E-state index is 11.6. The second kappa shape index (κ2) is 5.21. The Labute approximate surface area is 110 Å². The maximum atomic E-state index is 11.6. The number of aromatic nitrogens is 2. The number of imidazole rings is 1. The van der Waals surface area contributed by atoms with E-state index in [0.717, 1.165) is 5.56 Å². The molecule has 0 aliphatic heterocycles. The number of benzene rings is 1. The zero-order valence-electron chi connectivity index (χ0n) is 9.85. The molecule has 2 aromatic rings. The molecular formula is C11H12N4O3S. The molecule has 0 radical (unpaired) electrons. The van der Waals surface area contributed by atoms with Gasteiger partial charge in [-0.2, -0.15) is 0 Å². The highest BCUT2D eigenvalue weighted by Gasteiger charge is 2.07. The first kappa shape index (κ1) is 13.2. The van der Waals surface area contributed by atoms with Crippen molar-refractivity contribution in [2.24, 2.45) is 5.14 Å². The lowest BCUT2D eigenvalue weighted by Gasteiger charge is -2.06. The van der Waals surface area contributed by atoms with Gasteiger partial charge < -0.3 is 5.32 Å². The Morgan fingerprint density at radius 1 is 1.32 bits per heavy atom. The van der Waals surface area contributed by atoms with Gasteiger partial charge in [-0.1, -0.05) is 12.1 Å². The summed E-state index contributed by atoms with van der Waals surface area (Å²) in [5.41, 5.74) is 0.765. The fourth-order valence-electron chi connectivity index (χ4n) is 1.45. The zero-order valence-corrected chi connectivity index (χ0v) is 10.7. The highest BCUT2D eigenvalue weighted by molar-refractivity contribution is 7.89. The van der Waals surface area contributed by atoms with E-state index in [-0.39, 0.29) is 17.5 Å². The van der Waals surface area contributed by atoms with Gasteiger partial charge >= 0.3 is 6.03 Å². The predicted molar refractivity (Wildman–Crippen MR) is 67.7 cm³/mol. The van der Waals surface area contributed by atoms with Crippen LogP contribution < -0.4 is 10.5 Å². The maximum Gasteiger partial charge on any atom is 0.327 e. The van der Waals surface area contributed by atoms with E-state index in [9.17, 15) is 13.2 Å². The third kappa shape index (κ3) is 3.39. The number of nitrogens with zero attached hydrogens (tertiary/aromatic N) is 2. The smallest absolute Gasteiger partial charge is 0.327 e. The Balaban J connectivity index is 1.99. The van der Waals surface area contributed by atoms with Crippen LogP contribution in [0, 0.1) is 0 Å². The Hall–Kier alpha value is -2.19. The molecule has 0 unspecified atom stereocenters. The standard InChI is InChI=1S/C11H12N4O3S/c12-19(17,18)10-3-1-9(2-4-10)7-14-11(16)15-6-5-13-8-15/h1-6,8H,7H2,(H,14,16)(H2,12,17,18). The molecule has 0 saturated heterocycles. The first-order valence-corrected chi connectivity index (χ1v) is 6.89. The van der Waals surface area contributed by atoms with Crippen molar-refractivity contribution in [1.29, 1.82) is 0 Å². The molecule has 1 heterocycles. The number of rotatable bonds is 3. The molecule has 0 atom stereocenters. The largest absolute Gasteiger partial charge is 0.333 e. The van der Waals surface area contributed by atoms with E-state index < -0.39 is 10.0 Å². The summed E-state index contributed by atoms with van der Waals surface area (Å²) >= 11 is 0. The van der Waals surface area contributed by atoms with Gasteiger partial charge in [-0.05, 0) is 17.7 Å². The van der Waals surface area contributed by atoms with Gasteiger partial charge in [0.1, 0.15) is 6.33 Å². The predicted octanol–water partition coefficient (Wildman–Crippen LogP) is 0.288. The van der Waals surface area contributed by atoms with Crippen LogP contribution in [0.5, 0.6) is 0 Å². The van der Waals surface area contributed by atoms with Crippen LogP contribution in [0.25, 0.3) is 0 Å². The van der Waals surface area contributed by atoms with Crippen LogP contribution in [0.2, 0.25) is 0 Å². The molecule has 1 amide bonds. The van der Waals surface area contributed by atoms with E-state index in [4.69, 9.17) is 5.14 Å². The summed E-state index contributed by atoms with van der Waals surface area (Å²) in [5.74, 6) is 0. The minimum Gasteiger partial charge on any atom is -0.333 e. The van der Waals surface area contributed by atoms with Crippen LogP contribution >= 0.6 is 0 Å². The number of carbonyl (C=O) groups excluding carboxylic acids is 1. The van der Waals surface area contributed by atoms with Gasteiger partial charge in [0.2, 0.25) is 10.0 Å². The molecule has 19 heavy (non-hydrogen) atoms. The van der Waals surface area contributed by atoms with E-state index in [1.807, 2.05) is 0 Å². The molecular weight excluding hydrogens is 268 g/mol. The molecule has 0 aliphatic rings. The molecule has 0 fully saturated rings. The van der Waals surface area contributed by atoms with E-state index in [1.54, 1.807) is 12.1 Å². The number of nitrogens with two attached hydrogens (primary N) is 1. The van der Waals surface area contributed by atoms with Gasteiger partial charge in [0.15, 0.2) is 0 Å². The van der Waals surface area contributed by atoms with E-state index in [2.05, 4.69) is 10.3 Å². The summed E-state index contributed by atoms with van der Waals surface area (Å²) in [6.07, 6.45) is 4.42. The summed E-state index contributed by atoms with van der Waals surface area (Å²) in [6, 6.07) is 5.66. The van der Waals surface area contributed by atoms with Crippen molar-refractivity contribution in [3.63, 3.8) is 0 Å². The van der Waals surface area contributed by atoms with Gasteiger partial charge in [-0.3, -0.25) is 4.57 Å². The molecule has 1 aromatic heterocycles. The average Bonchev–Trinajstić information content (AvgIpc) is 2.89. The number of amides is 1. The average molecular weight is 280 g/mol. The molecule has 2 rings (SSSR count). The van der Waals surface area contributed by atoms with E-state index in [0.29, 0.717) is 0 Å². The van der Waals surface area contributed by atoms with Crippen molar-refractivity contribution in [2.75, 3.05) is 0 Å². The highest BCUT2D eigenvalue weighted by Crippen LogP contribution is 2.08. The van der Waals surface area contributed by atoms with Crippen LogP contribution in [0.15, 0.2) is 47.9 Å². The molecule has 3 N–H and O–H groups in total. The fraction of sp³-hybridized carbons (Fsp3) is 0.0909. The summed E-state index contributed by atoms with van der Waals surface area (Å²) in [6.45, 7) is 0.280. The topological polar surface area (TPSA) is 107 Å². The lowest BCUT2D eigenvalue weighted by atomic mass is 10.2. The van der Waals surface area contributed by atoms with Crippen molar-refractivity contribution in [1.82, 2.24) is 14.9 Å². The molecule has 0 aliphatic carbocycles. The number of primary sulfonamides is 1. The van der Waals surface area contributed by atoms with Gasteiger partial charge in [0, 0.05) is 18.9 Å². The molecule has 8 heteroatoms. The van der Waals surface area contributed by atoms with Gasteiger partial charge in [-0.15, -0.1) is 0 Å². The number of nitrogens with one attached hydrogen (secondary N) is 1. The van der Waals surface area contributed by atoms with Crippen molar-refractivity contribution in [3.8, 4) is 0 Å². The van der Waals surface area contributed by atoms with Crippen molar-refractivity contribution < 1.29 is 13.2 Å². The van der Waals surface area contributed by atoms with Crippen molar-refractivity contribution in [2.45, 2.75) is 11.4 Å². The Morgan fingerprint density at radius 3 is 2.53 bits per heavy atom. The zero-order chi connectivity index (χ0) is 13.9. The molecule has 7 nitrogen and oxygen atoms in total. The number of carbonyl (C=O) groups is 1. The minimum atomic E-state index is -3.69. The number of sulfonamides is 1. The first-order chi connectivity index (χ1) is 8.97. The SMILES string of the molecule is NS(=O)(=O)c1ccc(CNC(=O)n2ccnc2)cc1. The molecule has 0 spiro atoms. The normalized spacial score (nSPS) is 11.2. The Bertz CT molecular complexity index is 662. The van der Waals surface area contributed by atoms with Crippen molar-refractivity contribution >= 4 is 16.1 Å². The lowest BCUT2D eigenvalue weighted by Crippen LogP contribution is -2.27. The molecule has 0 saturated carbocycles. The van der Waals surface area contributed by atoms with Crippen molar-refractivity contribution in [3.05, 3.63) is 48.5 Å². The van der Waals surface area contributed by atoms with Crippen LogP contribution in [0.3, 0.4) is 0 Å². The third-order valence-corrected chi connectivity index (χ3v) is 3.36. The third-order valence-electron chi connectivity index (χ3n) is 2.43. The Kier molecular flexibility index (Phi) is 3.63. The van der Waals surface area contributed by atoms with Gasteiger partial charge in [-0.25, -0.2) is 23.3 Å². The van der Waals surface area contributed by atoms with Gasteiger partial charge in [0.25, 0.3) is 0 Å². The minimum absolute atomic E-state index is 0.0391. The van der Waals surface area contributed by atoms with Crippen LogP contribution in [0.4, 0.5) is 4.79 Å². The van der Waals surface area contributed by atoms with E-state index in [1.165, 1.54) is 35.4 Å². The molecule has 0 bridgehead atoms. The van der Waals surface area contributed by atoms with Gasteiger partial charge in [0.05, 0.1) is 4.90 Å². The molecule has 100 valence electrons. The summed E-state index contributed by atoms with van der Waals surface area (Å²) in [7, 11) is -3.69. The summed E-state index contributed by atoms with van der Waals surface area (Å²) in [5, 5.41) is 7.65. The second-order valence-electron chi connectivity index (χ2n) is 3.82. The van der Waals surface area contributed by atoms with Crippen LogP contribution in [0.1, 0.15) is 5.56 Å². The summed E-state index contributed by atoms with van der Waals surface area (Å²) < 4.78 is 23.4. The fourth-order valence-corrected chi connectivity index (χ4v) is 1.96. The highest BCUT2D eigenvalue weighted by atomic mass is 32.2. The molecule has 1 aromatic carbocycles.